The molecule has 2 aromatic rings. The van der Waals surface area contributed by atoms with Crippen molar-refractivity contribution in [1.82, 2.24) is 9.80 Å². The van der Waals surface area contributed by atoms with Crippen molar-refractivity contribution in [3.05, 3.63) is 59.1 Å². The van der Waals surface area contributed by atoms with Crippen molar-refractivity contribution in [2.24, 2.45) is 0 Å². The lowest BCUT2D eigenvalue weighted by atomic mass is 10.1. The van der Waals surface area contributed by atoms with E-state index in [0.29, 0.717) is 61.0 Å². The average Bonchev–Trinajstić information content (AvgIpc) is 3.01. The Bertz CT molecular complexity index is 1060. The van der Waals surface area contributed by atoms with Crippen molar-refractivity contribution >= 4 is 44.9 Å². The van der Waals surface area contributed by atoms with Crippen molar-refractivity contribution in [3.63, 3.8) is 0 Å². The molecule has 0 saturated carbocycles. The van der Waals surface area contributed by atoms with Crippen LogP contribution in [0.15, 0.2) is 48.5 Å². The second-order valence-corrected chi connectivity index (χ2v) is 9.85. The Balaban J connectivity index is 1.61. The van der Waals surface area contributed by atoms with Crippen LogP contribution in [0, 0.1) is 0 Å². The van der Waals surface area contributed by atoms with Gasteiger partial charge < -0.3 is 15.1 Å². The van der Waals surface area contributed by atoms with Gasteiger partial charge >= 0.3 is 6.03 Å². The van der Waals surface area contributed by atoms with Crippen LogP contribution in [-0.2, 0) is 10.0 Å². The maximum absolute atomic E-state index is 13.0. The number of urea groups is 1. The van der Waals surface area contributed by atoms with Gasteiger partial charge in [0.05, 0.1) is 5.75 Å². The van der Waals surface area contributed by atoms with Crippen LogP contribution < -0.4 is 10.0 Å². The minimum absolute atomic E-state index is 0.0191. The van der Waals surface area contributed by atoms with E-state index in [1.165, 1.54) is 0 Å². The Labute approximate surface area is 193 Å². The number of nitrogens with one attached hydrogen (secondary N) is 2. The molecule has 1 heterocycles. The number of carbonyl (C=O) groups excluding carboxylic acids is 2. The first-order valence-corrected chi connectivity index (χ1v) is 12.5. The summed E-state index contributed by atoms with van der Waals surface area (Å²) in [6.45, 7) is 3.61. The minimum atomic E-state index is -3.44. The Kier molecular flexibility index (Phi) is 7.98. The molecule has 0 aliphatic carbocycles. The maximum Gasteiger partial charge on any atom is 0.321 e. The molecule has 10 heteroatoms. The fraction of sp³-hybridized carbons (Fsp3) is 0.364. The number of amides is 3. The SMILES string of the molecule is CCCS(=O)(=O)Nc1cccc(C(=O)N2CCCN(C(=O)Nc3ccc(Cl)cc3)CC2)c1. The molecule has 1 saturated heterocycles. The molecular weight excluding hydrogens is 452 g/mol. The van der Waals surface area contributed by atoms with E-state index in [2.05, 4.69) is 10.0 Å². The molecule has 1 fully saturated rings. The fourth-order valence-electron chi connectivity index (χ4n) is 3.46. The minimum Gasteiger partial charge on any atom is -0.337 e. The summed E-state index contributed by atoms with van der Waals surface area (Å²) in [5.41, 5.74) is 1.42. The zero-order valence-corrected chi connectivity index (χ0v) is 19.5. The Morgan fingerprint density at radius 1 is 0.969 bits per heavy atom. The van der Waals surface area contributed by atoms with Crippen molar-refractivity contribution in [2.45, 2.75) is 19.8 Å². The molecule has 2 N–H and O–H groups in total. The highest BCUT2D eigenvalue weighted by molar-refractivity contribution is 7.92. The van der Waals surface area contributed by atoms with E-state index >= 15 is 0 Å². The summed E-state index contributed by atoms with van der Waals surface area (Å²) in [7, 11) is -3.44. The second-order valence-electron chi connectivity index (χ2n) is 7.57. The Hall–Kier alpha value is -2.78. The largest absolute Gasteiger partial charge is 0.337 e. The zero-order valence-electron chi connectivity index (χ0n) is 17.9. The van der Waals surface area contributed by atoms with Gasteiger partial charge in [-0.05, 0) is 55.3 Å². The summed E-state index contributed by atoms with van der Waals surface area (Å²) in [5, 5.41) is 3.43. The number of halogens is 1. The normalized spacial score (nSPS) is 14.6. The lowest BCUT2D eigenvalue weighted by Crippen LogP contribution is -2.39. The number of sulfonamides is 1. The number of nitrogens with zero attached hydrogens (tertiary/aromatic N) is 2. The van der Waals surface area contributed by atoms with Crippen LogP contribution in [0.4, 0.5) is 16.2 Å². The first-order chi connectivity index (χ1) is 15.3. The standard InChI is InChI=1S/C22H27ClN4O4S/c1-2-15-32(30,31)25-20-6-3-5-17(16-20)21(28)26-11-4-12-27(14-13-26)22(29)24-19-9-7-18(23)8-10-19/h3,5-10,16,25H,2,4,11-15H2,1H3,(H,24,29). The van der Waals surface area contributed by atoms with E-state index in [9.17, 15) is 18.0 Å². The molecule has 0 spiro atoms. The highest BCUT2D eigenvalue weighted by atomic mass is 35.5. The number of anilines is 2. The molecule has 8 nitrogen and oxygen atoms in total. The summed E-state index contributed by atoms with van der Waals surface area (Å²) in [6.07, 6.45) is 1.15. The molecule has 0 bridgehead atoms. The third-order valence-electron chi connectivity index (χ3n) is 5.02. The van der Waals surface area contributed by atoms with Gasteiger partial charge in [-0.25, -0.2) is 13.2 Å². The Morgan fingerprint density at radius 2 is 1.66 bits per heavy atom. The first kappa shape index (κ1) is 23.9. The molecule has 32 heavy (non-hydrogen) atoms. The summed E-state index contributed by atoms with van der Waals surface area (Å²) in [4.78, 5) is 29.0. The van der Waals surface area contributed by atoms with Gasteiger partial charge in [0, 0.05) is 48.1 Å². The molecule has 0 atom stereocenters. The van der Waals surface area contributed by atoms with Crippen LogP contribution in [-0.4, -0.2) is 62.1 Å². The van der Waals surface area contributed by atoms with Gasteiger partial charge in [-0.2, -0.15) is 0 Å². The molecule has 1 aliphatic heterocycles. The van der Waals surface area contributed by atoms with Crippen LogP contribution in [0.2, 0.25) is 5.02 Å². The zero-order chi connectivity index (χ0) is 23.1. The summed E-state index contributed by atoms with van der Waals surface area (Å²) >= 11 is 5.88. The van der Waals surface area contributed by atoms with Crippen LogP contribution in [0.3, 0.4) is 0 Å². The lowest BCUT2D eigenvalue weighted by Gasteiger charge is -2.23. The topological polar surface area (TPSA) is 98.8 Å². The van der Waals surface area contributed by atoms with E-state index in [-0.39, 0.29) is 17.7 Å². The van der Waals surface area contributed by atoms with Crippen molar-refractivity contribution in [3.8, 4) is 0 Å². The van der Waals surface area contributed by atoms with Gasteiger partial charge in [0.1, 0.15) is 0 Å². The summed E-state index contributed by atoms with van der Waals surface area (Å²) < 4.78 is 26.5. The van der Waals surface area contributed by atoms with E-state index in [4.69, 9.17) is 11.6 Å². The molecule has 172 valence electrons. The molecule has 3 rings (SSSR count). The van der Waals surface area contributed by atoms with Gasteiger partial charge in [0.15, 0.2) is 0 Å². The van der Waals surface area contributed by atoms with Gasteiger partial charge in [-0.15, -0.1) is 0 Å². The molecule has 3 amide bonds. The molecule has 2 aromatic carbocycles. The smallest absolute Gasteiger partial charge is 0.321 e. The molecule has 0 unspecified atom stereocenters. The summed E-state index contributed by atoms with van der Waals surface area (Å²) in [6, 6.07) is 13.1. The van der Waals surface area contributed by atoms with Crippen molar-refractivity contribution < 1.29 is 18.0 Å². The van der Waals surface area contributed by atoms with Gasteiger partial charge in [-0.3, -0.25) is 9.52 Å². The van der Waals surface area contributed by atoms with E-state index in [0.717, 1.165) is 0 Å². The van der Waals surface area contributed by atoms with Crippen molar-refractivity contribution in [2.75, 3.05) is 42.0 Å². The monoisotopic (exact) mass is 478 g/mol. The molecule has 0 aromatic heterocycles. The lowest BCUT2D eigenvalue weighted by molar-refractivity contribution is 0.0762. The second kappa shape index (κ2) is 10.7. The van der Waals surface area contributed by atoms with Crippen LogP contribution in [0.25, 0.3) is 0 Å². The number of carbonyl (C=O) groups is 2. The maximum atomic E-state index is 13.0. The van der Waals surface area contributed by atoms with E-state index in [1.54, 1.807) is 65.3 Å². The molecule has 1 aliphatic rings. The van der Waals surface area contributed by atoms with Crippen LogP contribution >= 0.6 is 11.6 Å². The Morgan fingerprint density at radius 3 is 2.38 bits per heavy atom. The average molecular weight is 479 g/mol. The van der Waals surface area contributed by atoms with E-state index in [1.807, 2.05) is 0 Å². The third kappa shape index (κ3) is 6.61. The number of benzene rings is 2. The highest BCUT2D eigenvalue weighted by Gasteiger charge is 2.23. The number of rotatable bonds is 6. The highest BCUT2D eigenvalue weighted by Crippen LogP contribution is 2.17. The van der Waals surface area contributed by atoms with Gasteiger partial charge in [0.2, 0.25) is 10.0 Å². The first-order valence-electron chi connectivity index (χ1n) is 10.5. The molecular formula is C22H27ClN4O4S. The predicted molar refractivity (Wildman–Crippen MR) is 127 cm³/mol. The van der Waals surface area contributed by atoms with Gasteiger partial charge in [-0.1, -0.05) is 24.6 Å². The molecule has 0 radical (unpaired) electrons. The number of hydrogen-bond donors (Lipinski definition) is 2. The van der Waals surface area contributed by atoms with E-state index < -0.39 is 10.0 Å². The van der Waals surface area contributed by atoms with Crippen molar-refractivity contribution in [1.29, 1.82) is 0 Å². The van der Waals surface area contributed by atoms with Gasteiger partial charge in [0.25, 0.3) is 5.91 Å². The van der Waals surface area contributed by atoms with Crippen LogP contribution in [0.5, 0.6) is 0 Å². The predicted octanol–water partition coefficient (Wildman–Crippen LogP) is 3.87. The fourth-order valence-corrected chi connectivity index (χ4v) is 4.71. The summed E-state index contributed by atoms with van der Waals surface area (Å²) in [5.74, 6) is -0.174. The number of hydrogen-bond acceptors (Lipinski definition) is 4. The van der Waals surface area contributed by atoms with Crippen LogP contribution in [0.1, 0.15) is 30.1 Å². The third-order valence-corrected chi connectivity index (χ3v) is 6.77. The quantitative estimate of drug-likeness (QED) is 0.658.